The summed E-state index contributed by atoms with van der Waals surface area (Å²) in [6.07, 6.45) is 11.7. The number of fused-ring (bicyclic) bond motifs is 1. The van der Waals surface area contributed by atoms with Gasteiger partial charge in [0.2, 0.25) is 5.95 Å². The van der Waals surface area contributed by atoms with Crippen molar-refractivity contribution >= 4 is 40.6 Å². The molecular weight excluding hydrogens is 404 g/mol. The van der Waals surface area contributed by atoms with Crippen molar-refractivity contribution in [1.29, 1.82) is 0 Å². The van der Waals surface area contributed by atoms with Crippen molar-refractivity contribution in [2.24, 2.45) is 11.1 Å². The Morgan fingerprint density at radius 2 is 1.97 bits per heavy atom. The lowest BCUT2D eigenvalue weighted by atomic mass is 9.74. The van der Waals surface area contributed by atoms with E-state index in [4.69, 9.17) is 28.1 Å². The van der Waals surface area contributed by atoms with Crippen LogP contribution in [0.25, 0.3) is 5.65 Å². The van der Waals surface area contributed by atoms with Gasteiger partial charge in [0.15, 0.2) is 5.65 Å². The lowest BCUT2D eigenvalue weighted by Gasteiger charge is -2.42. The minimum atomic E-state index is 0.338. The number of nitrogen functional groups attached to an aromatic ring is 1. The molecule has 0 amide bonds. The summed E-state index contributed by atoms with van der Waals surface area (Å²) in [7, 11) is 0. The summed E-state index contributed by atoms with van der Waals surface area (Å²) in [6.45, 7) is 1.98. The van der Waals surface area contributed by atoms with Crippen LogP contribution in [-0.4, -0.2) is 33.5 Å². The largest absolute Gasteiger partial charge is 0.397 e. The predicted molar refractivity (Wildman–Crippen MR) is 119 cm³/mol. The smallest absolute Gasteiger partial charge is 0.211 e. The summed E-state index contributed by atoms with van der Waals surface area (Å²) in [5.41, 5.74) is 14.2. The molecule has 152 valence electrons. The van der Waals surface area contributed by atoms with E-state index in [1.807, 2.05) is 30.7 Å². The first-order chi connectivity index (χ1) is 14.1. The Morgan fingerprint density at radius 3 is 2.72 bits per heavy atom. The third-order valence-corrected chi connectivity index (χ3v) is 8.21. The highest BCUT2D eigenvalue weighted by molar-refractivity contribution is 7.99. The van der Waals surface area contributed by atoms with Crippen molar-refractivity contribution in [2.45, 2.75) is 47.9 Å². The first-order valence-corrected chi connectivity index (χ1v) is 11.3. The average molecular weight is 429 g/mol. The topological polar surface area (TPSA) is 85.5 Å². The zero-order chi connectivity index (χ0) is 20.0. The van der Waals surface area contributed by atoms with Gasteiger partial charge < -0.3 is 16.4 Å². The highest BCUT2D eigenvalue weighted by atomic mass is 35.5. The van der Waals surface area contributed by atoms with E-state index in [1.54, 1.807) is 17.8 Å². The number of anilines is 2. The third kappa shape index (κ3) is 3.25. The number of hydrogen-bond donors (Lipinski definition) is 2. The molecule has 3 heterocycles. The van der Waals surface area contributed by atoms with Gasteiger partial charge in [-0.25, -0.2) is 9.97 Å². The maximum absolute atomic E-state index is 6.45. The summed E-state index contributed by atoms with van der Waals surface area (Å²) in [5.74, 6) is 0.946. The second kappa shape index (κ2) is 7.38. The second-order valence-electron chi connectivity index (χ2n) is 8.15. The van der Waals surface area contributed by atoms with Gasteiger partial charge in [-0.2, -0.15) is 0 Å². The van der Waals surface area contributed by atoms with Crippen LogP contribution in [0.4, 0.5) is 11.6 Å². The summed E-state index contributed by atoms with van der Waals surface area (Å²) in [4.78, 5) is 13.6. The molecule has 0 bridgehead atoms. The van der Waals surface area contributed by atoms with Gasteiger partial charge in [0.25, 0.3) is 0 Å². The molecule has 1 aliphatic carbocycles. The number of nitrogens with two attached hydrogens (primary N) is 2. The number of nitrogens with zero attached hydrogens (tertiary/aromatic N) is 4. The predicted octanol–water partition coefficient (Wildman–Crippen LogP) is 4.21. The summed E-state index contributed by atoms with van der Waals surface area (Å²) in [6, 6.07) is 6.03. The van der Waals surface area contributed by atoms with Crippen LogP contribution in [-0.2, 0) is 0 Å². The van der Waals surface area contributed by atoms with Crippen LogP contribution >= 0.6 is 23.4 Å². The lowest BCUT2D eigenvalue weighted by Crippen LogP contribution is -2.47. The fourth-order valence-electron chi connectivity index (χ4n) is 4.85. The molecule has 1 saturated heterocycles. The van der Waals surface area contributed by atoms with Crippen molar-refractivity contribution in [1.82, 2.24) is 14.4 Å². The van der Waals surface area contributed by atoms with E-state index in [0.29, 0.717) is 22.2 Å². The van der Waals surface area contributed by atoms with Crippen LogP contribution in [0.3, 0.4) is 0 Å². The number of imidazole rings is 1. The number of halogens is 1. The van der Waals surface area contributed by atoms with Gasteiger partial charge in [0.1, 0.15) is 0 Å². The maximum Gasteiger partial charge on any atom is 0.211 e. The molecule has 0 radical (unpaired) electrons. The van der Waals surface area contributed by atoms with Crippen LogP contribution in [0.1, 0.15) is 32.1 Å². The van der Waals surface area contributed by atoms with Crippen molar-refractivity contribution in [3.05, 3.63) is 41.8 Å². The Bertz CT molecular complexity index is 1040. The van der Waals surface area contributed by atoms with E-state index in [1.165, 1.54) is 19.3 Å². The van der Waals surface area contributed by atoms with Crippen molar-refractivity contribution in [3.8, 4) is 0 Å². The van der Waals surface area contributed by atoms with E-state index in [0.717, 1.165) is 47.3 Å². The number of aromatic nitrogens is 3. The van der Waals surface area contributed by atoms with Crippen molar-refractivity contribution in [3.63, 3.8) is 0 Å². The molecule has 6 nitrogen and oxygen atoms in total. The van der Waals surface area contributed by atoms with Crippen molar-refractivity contribution in [2.75, 3.05) is 23.7 Å². The Balaban J connectivity index is 1.42. The van der Waals surface area contributed by atoms with E-state index in [-0.39, 0.29) is 0 Å². The van der Waals surface area contributed by atoms with E-state index >= 15 is 0 Å². The minimum absolute atomic E-state index is 0.338. The summed E-state index contributed by atoms with van der Waals surface area (Å²) in [5, 5.41) is 0.570. The number of piperidine rings is 1. The fraction of sp³-hybridized carbons (Fsp3) is 0.429. The highest BCUT2D eigenvalue weighted by Crippen LogP contribution is 2.46. The van der Waals surface area contributed by atoms with Gasteiger partial charge >= 0.3 is 0 Å². The first kappa shape index (κ1) is 19.0. The zero-order valence-electron chi connectivity index (χ0n) is 16.2. The molecule has 1 saturated carbocycles. The normalized spacial score (nSPS) is 21.3. The molecule has 3 aromatic rings. The molecule has 5 rings (SSSR count). The van der Waals surface area contributed by atoms with Gasteiger partial charge in [-0.1, -0.05) is 35.9 Å². The molecule has 1 spiro atoms. The Kier molecular flexibility index (Phi) is 4.84. The number of rotatable bonds is 3. The highest BCUT2D eigenvalue weighted by Gasteiger charge is 2.43. The van der Waals surface area contributed by atoms with Crippen LogP contribution in [0.5, 0.6) is 0 Å². The molecule has 8 heteroatoms. The van der Waals surface area contributed by atoms with Gasteiger partial charge in [-0.05, 0) is 43.2 Å². The Morgan fingerprint density at radius 1 is 1.14 bits per heavy atom. The van der Waals surface area contributed by atoms with Crippen LogP contribution < -0.4 is 16.4 Å². The molecule has 29 heavy (non-hydrogen) atoms. The molecule has 2 aliphatic rings. The molecule has 1 aliphatic heterocycles. The van der Waals surface area contributed by atoms with E-state index in [9.17, 15) is 0 Å². The summed E-state index contributed by atoms with van der Waals surface area (Å²) >= 11 is 7.92. The quantitative estimate of drug-likeness (QED) is 0.607. The average Bonchev–Trinajstić information content (AvgIpc) is 3.35. The standard InChI is InChI=1S/C21H25ClN6S/c22-18-14(23)3-1-4-15(18)29-16-13-26-20(28-12-9-25-19(16)28)27-10-7-21(8-11-27)6-2-5-17(21)24/h1,3-4,9,12-13,17H,2,5-8,10-11,23-24H2/t17-/m1/s1. The molecule has 0 unspecified atom stereocenters. The number of benzene rings is 1. The van der Waals surface area contributed by atoms with Crippen LogP contribution in [0, 0.1) is 5.41 Å². The molecule has 1 atom stereocenters. The molecule has 2 fully saturated rings. The lowest BCUT2D eigenvalue weighted by molar-refractivity contribution is 0.197. The molecule has 2 aromatic heterocycles. The molecular formula is C21H25ClN6S. The molecule has 4 N–H and O–H groups in total. The van der Waals surface area contributed by atoms with Gasteiger partial charge in [0, 0.05) is 42.6 Å². The SMILES string of the molecule is Nc1cccc(Sc2cnc(N3CCC4(CCC[C@H]4N)CC3)n3ccnc23)c1Cl. The van der Waals surface area contributed by atoms with Gasteiger partial charge in [0.05, 0.1) is 15.6 Å². The monoisotopic (exact) mass is 428 g/mol. The second-order valence-corrected chi connectivity index (χ2v) is 9.61. The number of hydrogen-bond acceptors (Lipinski definition) is 6. The zero-order valence-corrected chi connectivity index (χ0v) is 17.8. The third-order valence-electron chi connectivity index (χ3n) is 6.61. The minimum Gasteiger partial charge on any atom is -0.397 e. The van der Waals surface area contributed by atoms with E-state index < -0.39 is 0 Å². The Hall–Kier alpha value is -1.96. The van der Waals surface area contributed by atoms with Crippen LogP contribution in [0.2, 0.25) is 5.02 Å². The van der Waals surface area contributed by atoms with Gasteiger partial charge in [-0.15, -0.1) is 0 Å². The van der Waals surface area contributed by atoms with Gasteiger partial charge in [-0.3, -0.25) is 4.40 Å². The first-order valence-electron chi connectivity index (χ1n) is 10.1. The van der Waals surface area contributed by atoms with E-state index in [2.05, 4.69) is 14.3 Å². The fourth-order valence-corrected chi connectivity index (χ4v) is 6.03. The maximum atomic E-state index is 6.45. The van der Waals surface area contributed by atoms with Crippen LogP contribution in [0.15, 0.2) is 46.6 Å². The molecule has 1 aromatic carbocycles. The van der Waals surface area contributed by atoms with Crippen molar-refractivity contribution < 1.29 is 0 Å². The Labute approximate surface area is 179 Å². The summed E-state index contributed by atoms with van der Waals surface area (Å²) < 4.78 is 2.08.